The summed E-state index contributed by atoms with van der Waals surface area (Å²) in [5.74, 6) is -0.169. The lowest BCUT2D eigenvalue weighted by atomic mass is 10.0. The van der Waals surface area contributed by atoms with E-state index >= 15 is 0 Å². The normalized spacial score (nSPS) is 10.4. The van der Waals surface area contributed by atoms with E-state index in [-0.39, 0.29) is 5.91 Å². The largest absolute Gasteiger partial charge is 0.399 e. The molecule has 0 aliphatic rings. The lowest BCUT2D eigenvalue weighted by Crippen LogP contribution is -2.14. The molecule has 0 saturated carbocycles. The molecule has 3 N–H and O–H groups in total. The molecule has 3 aromatic rings. The van der Waals surface area contributed by atoms with Gasteiger partial charge in [-0.05, 0) is 48.7 Å². The SMILES string of the molecule is Cc1cccc(C)c1NC(=O)c1cncc(-c2ccc(N)cc2)c1. The summed E-state index contributed by atoms with van der Waals surface area (Å²) in [7, 11) is 0. The van der Waals surface area contributed by atoms with E-state index in [1.807, 2.05) is 62.4 Å². The minimum Gasteiger partial charge on any atom is -0.399 e. The number of benzene rings is 2. The van der Waals surface area contributed by atoms with Gasteiger partial charge in [0.25, 0.3) is 5.91 Å². The summed E-state index contributed by atoms with van der Waals surface area (Å²) in [6, 6.07) is 15.3. The van der Waals surface area contributed by atoms with Crippen LogP contribution in [0.3, 0.4) is 0 Å². The van der Waals surface area contributed by atoms with Gasteiger partial charge in [-0.25, -0.2) is 0 Å². The second kappa shape index (κ2) is 6.54. The first-order valence-electron chi connectivity index (χ1n) is 7.73. The van der Waals surface area contributed by atoms with Gasteiger partial charge >= 0.3 is 0 Å². The fourth-order valence-corrected chi connectivity index (χ4v) is 2.59. The van der Waals surface area contributed by atoms with E-state index in [2.05, 4.69) is 10.3 Å². The summed E-state index contributed by atoms with van der Waals surface area (Å²) in [6.07, 6.45) is 3.31. The number of carbonyl (C=O) groups excluding carboxylic acids is 1. The Labute approximate surface area is 141 Å². The quantitative estimate of drug-likeness (QED) is 0.711. The Bertz CT molecular complexity index is 865. The van der Waals surface area contributed by atoms with Gasteiger partial charge in [0.05, 0.1) is 5.56 Å². The predicted molar refractivity (Wildman–Crippen MR) is 98.0 cm³/mol. The van der Waals surface area contributed by atoms with Crippen LogP contribution in [0.15, 0.2) is 60.9 Å². The average molecular weight is 317 g/mol. The van der Waals surface area contributed by atoms with Crippen molar-refractivity contribution < 1.29 is 4.79 Å². The summed E-state index contributed by atoms with van der Waals surface area (Å²) in [6.45, 7) is 3.96. The minimum absolute atomic E-state index is 0.169. The number of nitrogens with one attached hydrogen (secondary N) is 1. The van der Waals surface area contributed by atoms with Crippen molar-refractivity contribution in [1.29, 1.82) is 0 Å². The molecule has 0 unspecified atom stereocenters. The van der Waals surface area contributed by atoms with Crippen LogP contribution in [0.5, 0.6) is 0 Å². The first kappa shape index (κ1) is 15.7. The summed E-state index contributed by atoms with van der Waals surface area (Å²) in [4.78, 5) is 16.8. The van der Waals surface area contributed by atoms with Crippen LogP contribution >= 0.6 is 0 Å². The fraction of sp³-hybridized carbons (Fsp3) is 0.100. The molecule has 1 aromatic heterocycles. The highest BCUT2D eigenvalue weighted by Gasteiger charge is 2.11. The maximum atomic E-state index is 12.6. The molecular formula is C20H19N3O. The molecule has 0 saturated heterocycles. The zero-order valence-electron chi connectivity index (χ0n) is 13.7. The molecule has 1 amide bonds. The third-order valence-electron chi connectivity index (χ3n) is 3.96. The molecule has 0 spiro atoms. The molecule has 1 heterocycles. The number of aromatic nitrogens is 1. The van der Waals surface area contributed by atoms with Crippen molar-refractivity contribution in [3.8, 4) is 11.1 Å². The van der Waals surface area contributed by atoms with Crippen molar-refractivity contribution >= 4 is 17.3 Å². The molecule has 120 valence electrons. The third kappa shape index (κ3) is 3.27. The number of amides is 1. The van der Waals surface area contributed by atoms with Crippen LogP contribution in [0.1, 0.15) is 21.5 Å². The number of pyridine rings is 1. The van der Waals surface area contributed by atoms with Crippen LogP contribution in [0.4, 0.5) is 11.4 Å². The van der Waals surface area contributed by atoms with E-state index in [1.165, 1.54) is 0 Å². The highest BCUT2D eigenvalue weighted by Crippen LogP contribution is 2.23. The molecule has 0 fully saturated rings. The number of para-hydroxylation sites is 1. The highest BCUT2D eigenvalue weighted by molar-refractivity contribution is 6.05. The van der Waals surface area contributed by atoms with Crippen LogP contribution in [0, 0.1) is 13.8 Å². The highest BCUT2D eigenvalue weighted by atomic mass is 16.1. The van der Waals surface area contributed by atoms with Crippen molar-refractivity contribution in [2.45, 2.75) is 13.8 Å². The number of rotatable bonds is 3. The van der Waals surface area contributed by atoms with Gasteiger partial charge in [0.15, 0.2) is 0 Å². The molecule has 2 aromatic carbocycles. The van der Waals surface area contributed by atoms with E-state index in [0.717, 1.165) is 27.9 Å². The molecule has 24 heavy (non-hydrogen) atoms. The van der Waals surface area contributed by atoms with Crippen LogP contribution in [0.25, 0.3) is 11.1 Å². The lowest BCUT2D eigenvalue weighted by Gasteiger charge is -2.12. The summed E-state index contributed by atoms with van der Waals surface area (Å²) in [5.41, 5.74) is 11.7. The molecule has 0 bridgehead atoms. The summed E-state index contributed by atoms with van der Waals surface area (Å²) in [5, 5.41) is 2.98. The Hall–Kier alpha value is -3.14. The standard InChI is InChI=1S/C20H19N3O/c1-13-4-3-5-14(2)19(13)23-20(24)17-10-16(11-22-12-17)15-6-8-18(21)9-7-15/h3-12H,21H2,1-2H3,(H,23,24). The van der Waals surface area contributed by atoms with Gasteiger partial charge in [0.2, 0.25) is 0 Å². The summed E-state index contributed by atoms with van der Waals surface area (Å²) < 4.78 is 0. The van der Waals surface area contributed by atoms with E-state index in [9.17, 15) is 4.79 Å². The van der Waals surface area contributed by atoms with E-state index < -0.39 is 0 Å². The third-order valence-corrected chi connectivity index (χ3v) is 3.96. The first-order chi connectivity index (χ1) is 11.5. The first-order valence-corrected chi connectivity index (χ1v) is 7.73. The van der Waals surface area contributed by atoms with Crippen molar-refractivity contribution in [2.24, 2.45) is 0 Å². The van der Waals surface area contributed by atoms with Gasteiger partial charge in [-0.1, -0.05) is 30.3 Å². The van der Waals surface area contributed by atoms with Gasteiger partial charge in [0, 0.05) is 29.3 Å². The maximum absolute atomic E-state index is 12.6. The summed E-state index contributed by atoms with van der Waals surface area (Å²) >= 11 is 0. The Morgan fingerprint density at radius 2 is 1.62 bits per heavy atom. The van der Waals surface area contributed by atoms with Crippen molar-refractivity contribution in [2.75, 3.05) is 11.1 Å². The second-order valence-corrected chi connectivity index (χ2v) is 5.81. The monoisotopic (exact) mass is 317 g/mol. The zero-order chi connectivity index (χ0) is 17.1. The molecule has 0 radical (unpaired) electrons. The van der Waals surface area contributed by atoms with Crippen molar-refractivity contribution in [3.63, 3.8) is 0 Å². The van der Waals surface area contributed by atoms with Crippen molar-refractivity contribution in [1.82, 2.24) is 4.98 Å². The second-order valence-electron chi connectivity index (χ2n) is 5.81. The number of nitrogens with zero attached hydrogens (tertiary/aromatic N) is 1. The molecule has 0 aliphatic carbocycles. The number of hydrogen-bond acceptors (Lipinski definition) is 3. The molecular weight excluding hydrogens is 298 g/mol. The lowest BCUT2D eigenvalue weighted by molar-refractivity contribution is 0.102. The van der Waals surface area contributed by atoms with E-state index in [1.54, 1.807) is 12.4 Å². The Kier molecular flexibility index (Phi) is 4.29. The van der Waals surface area contributed by atoms with E-state index in [4.69, 9.17) is 5.73 Å². The van der Waals surface area contributed by atoms with Gasteiger partial charge in [0.1, 0.15) is 0 Å². The van der Waals surface area contributed by atoms with Crippen LogP contribution in [-0.2, 0) is 0 Å². The predicted octanol–water partition coefficient (Wildman–Crippen LogP) is 4.20. The Morgan fingerprint density at radius 3 is 2.29 bits per heavy atom. The number of nitrogens with two attached hydrogens (primary N) is 1. The van der Waals surface area contributed by atoms with Crippen molar-refractivity contribution in [3.05, 3.63) is 77.6 Å². The number of carbonyl (C=O) groups is 1. The fourth-order valence-electron chi connectivity index (χ4n) is 2.59. The van der Waals surface area contributed by atoms with Gasteiger partial charge < -0.3 is 11.1 Å². The molecule has 4 nitrogen and oxygen atoms in total. The molecule has 0 atom stereocenters. The van der Waals surface area contributed by atoms with Crippen LogP contribution in [0.2, 0.25) is 0 Å². The zero-order valence-corrected chi connectivity index (χ0v) is 13.7. The Balaban J connectivity index is 1.88. The van der Waals surface area contributed by atoms with Crippen LogP contribution in [-0.4, -0.2) is 10.9 Å². The molecule has 3 rings (SSSR count). The number of hydrogen-bond donors (Lipinski definition) is 2. The average Bonchev–Trinajstić information content (AvgIpc) is 2.59. The maximum Gasteiger partial charge on any atom is 0.257 e. The van der Waals surface area contributed by atoms with Gasteiger partial charge in [-0.2, -0.15) is 0 Å². The van der Waals surface area contributed by atoms with Gasteiger partial charge in [-0.3, -0.25) is 9.78 Å². The van der Waals surface area contributed by atoms with Crippen LogP contribution < -0.4 is 11.1 Å². The topological polar surface area (TPSA) is 68.0 Å². The number of nitrogen functional groups attached to an aromatic ring is 1. The van der Waals surface area contributed by atoms with E-state index in [0.29, 0.717) is 11.3 Å². The van der Waals surface area contributed by atoms with Gasteiger partial charge in [-0.15, -0.1) is 0 Å². The molecule has 0 aliphatic heterocycles. The number of anilines is 2. The minimum atomic E-state index is -0.169. The Morgan fingerprint density at radius 1 is 0.958 bits per heavy atom. The smallest absolute Gasteiger partial charge is 0.257 e. The molecule has 4 heteroatoms. The number of aryl methyl sites for hydroxylation is 2.